The largest absolute Gasteiger partial charge is 0.329 e. The van der Waals surface area contributed by atoms with E-state index in [1.54, 1.807) is 10.9 Å². The number of amides is 1. The van der Waals surface area contributed by atoms with Gasteiger partial charge < -0.3 is 5.73 Å². The Hall–Kier alpha value is -2.28. The Morgan fingerprint density at radius 1 is 1.37 bits per heavy atom. The maximum atomic E-state index is 11.8. The second kappa shape index (κ2) is 4.77. The quantitative estimate of drug-likeness (QED) is 0.868. The lowest BCUT2D eigenvalue weighted by Gasteiger charge is -2.19. The minimum atomic E-state index is -0.00352. The molecule has 0 saturated carbocycles. The molecule has 0 fully saturated rings. The van der Waals surface area contributed by atoms with Gasteiger partial charge >= 0.3 is 0 Å². The minimum Gasteiger partial charge on any atom is -0.329 e. The molecule has 3 rings (SSSR count). The summed E-state index contributed by atoms with van der Waals surface area (Å²) in [5, 5.41) is 13.6. The molecule has 0 aliphatic carbocycles. The van der Waals surface area contributed by atoms with E-state index in [1.807, 2.05) is 18.2 Å². The van der Waals surface area contributed by atoms with E-state index in [9.17, 15) is 4.79 Å². The zero-order valence-electron chi connectivity index (χ0n) is 10.4. The lowest BCUT2D eigenvalue weighted by atomic mass is 10.2. The molecule has 2 heterocycles. The van der Waals surface area contributed by atoms with Crippen LogP contribution in [0.25, 0.3) is 11.0 Å². The summed E-state index contributed by atoms with van der Waals surface area (Å²) in [5.74, 6) is -0.00352. The van der Waals surface area contributed by atoms with Gasteiger partial charge in [0.1, 0.15) is 5.52 Å². The van der Waals surface area contributed by atoms with Crippen LogP contribution in [0.15, 0.2) is 23.3 Å². The third-order valence-corrected chi connectivity index (χ3v) is 3.00. The monoisotopic (exact) mass is 258 g/mol. The number of rotatable bonds is 3. The fourth-order valence-electron chi connectivity index (χ4n) is 2.09. The summed E-state index contributed by atoms with van der Waals surface area (Å²) in [6.07, 6.45) is 2.93. The predicted octanol–water partition coefficient (Wildman–Crippen LogP) is 0.503. The average molecular weight is 258 g/mol. The lowest BCUT2D eigenvalue weighted by Crippen LogP contribution is -2.28. The number of hydrogen-bond donors (Lipinski definition) is 1. The smallest absolute Gasteiger partial charge is 0.247 e. The number of hydrazone groups is 1. The van der Waals surface area contributed by atoms with Gasteiger partial charge in [-0.3, -0.25) is 4.79 Å². The van der Waals surface area contributed by atoms with Crippen molar-refractivity contribution in [1.82, 2.24) is 15.0 Å². The van der Waals surface area contributed by atoms with E-state index in [1.165, 1.54) is 5.01 Å². The maximum absolute atomic E-state index is 11.8. The topological polar surface area (TPSA) is 89.4 Å². The maximum Gasteiger partial charge on any atom is 0.247 e. The minimum absolute atomic E-state index is 0.00352. The number of benzene rings is 1. The lowest BCUT2D eigenvalue weighted by molar-refractivity contribution is -0.118. The van der Waals surface area contributed by atoms with Crippen LogP contribution < -0.4 is 10.7 Å². The van der Waals surface area contributed by atoms with Crippen molar-refractivity contribution in [2.75, 3.05) is 11.6 Å². The second-order valence-corrected chi connectivity index (χ2v) is 4.32. The standard InChI is InChI=1S/C12H14N6O/c13-5-7-17-11-4-3-9(8-10(11)15-16-17)18-12(19)2-1-6-14-18/h3-4,6,8H,1-2,5,7,13H2. The molecular formula is C12H14N6O. The van der Waals surface area contributed by atoms with Crippen LogP contribution in [0.4, 0.5) is 5.69 Å². The molecule has 1 aromatic heterocycles. The van der Waals surface area contributed by atoms with Crippen LogP contribution in [0.5, 0.6) is 0 Å². The molecule has 0 radical (unpaired) electrons. The van der Waals surface area contributed by atoms with Crippen molar-refractivity contribution in [2.45, 2.75) is 19.4 Å². The molecule has 0 unspecified atom stereocenters. The Morgan fingerprint density at radius 2 is 2.26 bits per heavy atom. The van der Waals surface area contributed by atoms with Gasteiger partial charge in [0.15, 0.2) is 0 Å². The molecule has 0 spiro atoms. The number of carbonyl (C=O) groups excluding carboxylic acids is 1. The predicted molar refractivity (Wildman–Crippen MR) is 71.8 cm³/mol. The molecule has 2 N–H and O–H groups in total. The van der Waals surface area contributed by atoms with Crippen LogP contribution in [0.1, 0.15) is 12.8 Å². The third kappa shape index (κ3) is 2.08. The van der Waals surface area contributed by atoms with Crippen molar-refractivity contribution in [3.63, 3.8) is 0 Å². The summed E-state index contributed by atoms with van der Waals surface area (Å²) in [5.41, 5.74) is 7.87. The molecule has 1 aliphatic rings. The van der Waals surface area contributed by atoms with Crippen LogP contribution in [-0.2, 0) is 11.3 Å². The zero-order valence-corrected chi connectivity index (χ0v) is 10.4. The Labute approximate surface area is 109 Å². The number of carbonyl (C=O) groups is 1. The molecule has 0 atom stereocenters. The van der Waals surface area contributed by atoms with Crippen molar-refractivity contribution in [3.8, 4) is 0 Å². The van der Waals surface area contributed by atoms with Gasteiger partial charge in [0.25, 0.3) is 0 Å². The highest BCUT2D eigenvalue weighted by atomic mass is 16.2. The molecule has 0 saturated heterocycles. The molecule has 19 heavy (non-hydrogen) atoms. The number of aromatic nitrogens is 3. The SMILES string of the molecule is NCCn1nnc2cc(N3N=CCCC3=O)ccc21. The Balaban J connectivity index is 2.00. The Morgan fingerprint density at radius 3 is 3.05 bits per heavy atom. The van der Waals surface area contributed by atoms with E-state index >= 15 is 0 Å². The van der Waals surface area contributed by atoms with Gasteiger partial charge in [-0.15, -0.1) is 5.10 Å². The number of hydrogen-bond acceptors (Lipinski definition) is 5. The first-order chi connectivity index (χ1) is 9.29. The third-order valence-electron chi connectivity index (χ3n) is 3.00. The summed E-state index contributed by atoms with van der Waals surface area (Å²) >= 11 is 0. The van der Waals surface area contributed by atoms with Crippen LogP contribution in [0.2, 0.25) is 0 Å². The van der Waals surface area contributed by atoms with Crippen LogP contribution in [0, 0.1) is 0 Å². The van der Waals surface area contributed by atoms with E-state index in [0.717, 1.165) is 11.0 Å². The first-order valence-electron chi connectivity index (χ1n) is 6.18. The number of nitrogens with zero attached hydrogens (tertiary/aromatic N) is 5. The molecule has 7 heteroatoms. The van der Waals surface area contributed by atoms with Crippen molar-refractivity contribution in [1.29, 1.82) is 0 Å². The fraction of sp³-hybridized carbons (Fsp3) is 0.333. The van der Waals surface area contributed by atoms with Crippen molar-refractivity contribution >= 4 is 28.8 Å². The second-order valence-electron chi connectivity index (χ2n) is 4.32. The molecule has 98 valence electrons. The van der Waals surface area contributed by atoms with Gasteiger partial charge in [0.05, 0.1) is 17.7 Å². The Kier molecular flexibility index (Phi) is 2.96. The van der Waals surface area contributed by atoms with E-state index in [2.05, 4.69) is 15.4 Å². The molecule has 1 aromatic carbocycles. The normalized spacial score (nSPS) is 15.4. The highest BCUT2D eigenvalue weighted by Gasteiger charge is 2.18. The van der Waals surface area contributed by atoms with Gasteiger partial charge in [-0.2, -0.15) is 5.10 Å². The van der Waals surface area contributed by atoms with Crippen molar-refractivity contribution in [3.05, 3.63) is 18.2 Å². The summed E-state index contributed by atoms with van der Waals surface area (Å²) in [4.78, 5) is 11.8. The molecule has 1 amide bonds. The molecule has 2 aromatic rings. The van der Waals surface area contributed by atoms with Crippen LogP contribution >= 0.6 is 0 Å². The number of nitrogens with two attached hydrogens (primary N) is 1. The van der Waals surface area contributed by atoms with E-state index < -0.39 is 0 Å². The van der Waals surface area contributed by atoms with E-state index in [4.69, 9.17) is 5.73 Å². The number of anilines is 1. The zero-order chi connectivity index (χ0) is 13.2. The van der Waals surface area contributed by atoms with Gasteiger partial charge in [-0.25, -0.2) is 9.69 Å². The van der Waals surface area contributed by atoms with E-state index in [-0.39, 0.29) is 5.91 Å². The highest BCUT2D eigenvalue weighted by Crippen LogP contribution is 2.23. The highest BCUT2D eigenvalue weighted by molar-refractivity contribution is 5.98. The fourth-order valence-corrected chi connectivity index (χ4v) is 2.09. The number of fused-ring (bicyclic) bond motifs is 1. The molecule has 1 aliphatic heterocycles. The molecule has 7 nitrogen and oxygen atoms in total. The van der Waals surface area contributed by atoms with Gasteiger partial charge in [0, 0.05) is 19.2 Å². The van der Waals surface area contributed by atoms with Crippen molar-refractivity contribution < 1.29 is 4.79 Å². The first-order valence-corrected chi connectivity index (χ1v) is 6.18. The summed E-state index contributed by atoms with van der Waals surface area (Å²) in [7, 11) is 0. The first kappa shape index (κ1) is 11.8. The van der Waals surface area contributed by atoms with Gasteiger partial charge in [-0.05, 0) is 24.6 Å². The average Bonchev–Trinajstić information content (AvgIpc) is 2.82. The molecule has 0 bridgehead atoms. The molecular weight excluding hydrogens is 244 g/mol. The summed E-state index contributed by atoms with van der Waals surface area (Å²) < 4.78 is 1.75. The van der Waals surface area contributed by atoms with Crippen molar-refractivity contribution in [2.24, 2.45) is 10.8 Å². The van der Waals surface area contributed by atoms with E-state index in [0.29, 0.717) is 31.6 Å². The van der Waals surface area contributed by atoms with Crippen LogP contribution in [-0.4, -0.2) is 33.7 Å². The summed E-state index contributed by atoms with van der Waals surface area (Å²) in [6, 6.07) is 5.55. The summed E-state index contributed by atoms with van der Waals surface area (Å²) in [6.45, 7) is 1.13. The van der Waals surface area contributed by atoms with Crippen LogP contribution in [0.3, 0.4) is 0 Å². The Bertz CT molecular complexity index is 647. The van der Waals surface area contributed by atoms with Gasteiger partial charge in [-0.1, -0.05) is 5.21 Å². The van der Waals surface area contributed by atoms with Gasteiger partial charge in [0.2, 0.25) is 5.91 Å².